The Morgan fingerprint density at radius 3 is 1.64 bits per heavy atom. The number of pyridine rings is 1. The fourth-order valence-electron chi connectivity index (χ4n) is 2.63. The van der Waals surface area contributed by atoms with Gasteiger partial charge in [-0.25, -0.2) is 9.98 Å². The van der Waals surface area contributed by atoms with Crippen LogP contribution in [0.25, 0.3) is 0 Å². The van der Waals surface area contributed by atoms with Crippen LogP contribution < -0.4 is 0 Å². The highest BCUT2D eigenvalue weighted by atomic mass is 35.5. The van der Waals surface area contributed by atoms with Crippen molar-refractivity contribution >= 4 is 69.2 Å². The molecule has 7 heteroatoms. The van der Waals surface area contributed by atoms with Gasteiger partial charge < -0.3 is 0 Å². The molecule has 1 aromatic heterocycles. The second-order valence-electron chi connectivity index (χ2n) is 5.93. The van der Waals surface area contributed by atoms with Gasteiger partial charge in [-0.05, 0) is 50.2 Å². The van der Waals surface area contributed by atoms with Crippen LogP contribution in [0, 0.1) is 0 Å². The zero-order valence-electron chi connectivity index (χ0n) is 15.0. The molecule has 28 heavy (non-hydrogen) atoms. The van der Waals surface area contributed by atoms with E-state index in [0.29, 0.717) is 48.6 Å². The first-order chi connectivity index (χ1) is 13.4. The summed E-state index contributed by atoms with van der Waals surface area (Å²) in [5, 5.41) is 1.89. The van der Waals surface area contributed by atoms with Crippen molar-refractivity contribution in [1.29, 1.82) is 0 Å². The molecular formula is C21H15Cl4N3. The molecule has 0 spiro atoms. The lowest BCUT2D eigenvalue weighted by molar-refractivity contribution is 1.26. The van der Waals surface area contributed by atoms with Gasteiger partial charge >= 0.3 is 0 Å². The Kier molecular flexibility index (Phi) is 6.73. The molecule has 142 valence electrons. The molecule has 0 saturated carbocycles. The van der Waals surface area contributed by atoms with Crippen LogP contribution >= 0.6 is 46.4 Å². The Balaban J connectivity index is 2.09. The first-order valence-corrected chi connectivity index (χ1v) is 9.84. The van der Waals surface area contributed by atoms with Crippen molar-refractivity contribution in [3.63, 3.8) is 0 Å². The number of benzene rings is 2. The highest BCUT2D eigenvalue weighted by molar-refractivity contribution is 6.39. The molecule has 0 amide bonds. The van der Waals surface area contributed by atoms with Gasteiger partial charge in [-0.1, -0.05) is 58.5 Å². The summed E-state index contributed by atoms with van der Waals surface area (Å²) >= 11 is 25.0. The summed E-state index contributed by atoms with van der Waals surface area (Å²) in [6, 6.07) is 14.3. The standard InChI is InChI=1S/C21H15Cl4N3/c1-12(27-20-15(22)7-3-8-16(20)23)14-6-5-11-26-19(14)13(2)28-21-17(24)9-4-10-18(21)25/h3-11H,1-2H3. The van der Waals surface area contributed by atoms with E-state index in [2.05, 4.69) is 15.0 Å². The maximum absolute atomic E-state index is 6.25. The normalized spacial score (nSPS) is 12.4. The van der Waals surface area contributed by atoms with Gasteiger partial charge in [0.1, 0.15) is 11.4 Å². The maximum atomic E-state index is 6.25. The molecule has 0 fully saturated rings. The Bertz CT molecular complexity index is 964. The van der Waals surface area contributed by atoms with Gasteiger partial charge in [-0.15, -0.1) is 0 Å². The molecule has 0 aliphatic heterocycles. The summed E-state index contributed by atoms with van der Waals surface area (Å²) in [4.78, 5) is 13.7. The predicted molar refractivity (Wildman–Crippen MR) is 121 cm³/mol. The van der Waals surface area contributed by atoms with Crippen molar-refractivity contribution in [2.45, 2.75) is 13.8 Å². The molecule has 0 radical (unpaired) electrons. The number of aromatic nitrogens is 1. The van der Waals surface area contributed by atoms with Crippen LogP contribution in [0.15, 0.2) is 64.7 Å². The van der Waals surface area contributed by atoms with Crippen molar-refractivity contribution in [2.24, 2.45) is 9.98 Å². The minimum Gasteiger partial charge on any atom is -0.254 e. The zero-order valence-corrected chi connectivity index (χ0v) is 18.1. The van der Waals surface area contributed by atoms with E-state index in [1.165, 1.54) is 0 Å². The molecule has 3 aromatic rings. The van der Waals surface area contributed by atoms with Crippen LogP contribution in [0.3, 0.4) is 0 Å². The Hall–Kier alpha value is -1.91. The van der Waals surface area contributed by atoms with Crippen LogP contribution in [0.1, 0.15) is 25.1 Å². The van der Waals surface area contributed by atoms with E-state index in [0.717, 1.165) is 5.56 Å². The van der Waals surface area contributed by atoms with E-state index in [-0.39, 0.29) is 0 Å². The molecule has 0 unspecified atom stereocenters. The van der Waals surface area contributed by atoms with Gasteiger partial charge in [0, 0.05) is 17.5 Å². The van der Waals surface area contributed by atoms with E-state index in [1.807, 2.05) is 26.0 Å². The van der Waals surface area contributed by atoms with E-state index in [4.69, 9.17) is 46.4 Å². The number of rotatable bonds is 4. The molecule has 0 atom stereocenters. The SMILES string of the molecule is CC(=Nc1c(Cl)cccc1Cl)c1cccnc1C(C)=Nc1c(Cl)cccc1Cl. The van der Waals surface area contributed by atoms with Gasteiger partial charge in [0.15, 0.2) is 0 Å². The lowest BCUT2D eigenvalue weighted by Crippen LogP contribution is -2.08. The molecule has 0 saturated heterocycles. The molecule has 1 heterocycles. The van der Waals surface area contributed by atoms with Gasteiger partial charge in [0.2, 0.25) is 0 Å². The summed E-state index contributed by atoms with van der Waals surface area (Å²) in [6.45, 7) is 3.72. The van der Waals surface area contributed by atoms with Crippen molar-refractivity contribution in [3.05, 3.63) is 86.1 Å². The van der Waals surface area contributed by atoms with E-state index in [9.17, 15) is 0 Å². The Labute approximate surface area is 183 Å². The van der Waals surface area contributed by atoms with Crippen molar-refractivity contribution in [2.75, 3.05) is 0 Å². The van der Waals surface area contributed by atoms with Crippen molar-refractivity contribution < 1.29 is 0 Å². The van der Waals surface area contributed by atoms with Crippen LogP contribution in [-0.2, 0) is 0 Å². The lowest BCUT2D eigenvalue weighted by Gasteiger charge is -2.10. The number of hydrogen-bond acceptors (Lipinski definition) is 3. The molecule has 3 rings (SSSR count). The molecule has 0 bridgehead atoms. The number of para-hydroxylation sites is 2. The minimum atomic E-state index is 0.470. The number of hydrogen-bond donors (Lipinski definition) is 0. The molecule has 0 aliphatic carbocycles. The van der Waals surface area contributed by atoms with E-state index in [1.54, 1.807) is 42.6 Å². The first-order valence-electron chi connectivity index (χ1n) is 8.33. The highest BCUT2D eigenvalue weighted by Gasteiger charge is 2.13. The summed E-state index contributed by atoms with van der Waals surface area (Å²) in [5.74, 6) is 0. The van der Waals surface area contributed by atoms with Crippen LogP contribution in [0.2, 0.25) is 20.1 Å². The Morgan fingerprint density at radius 1 is 0.679 bits per heavy atom. The average Bonchev–Trinajstić information content (AvgIpc) is 2.67. The zero-order chi connectivity index (χ0) is 20.3. The summed E-state index contributed by atoms with van der Waals surface area (Å²) in [7, 11) is 0. The molecule has 0 N–H and O–H groups in total. The molecular weight excluding hydrogens is 436 g/mol. The maximum Gasteiger partial charge on any atom is 0.101 e. The third kappa shape index (κ3) is 4.56. The van der Waals surface area contributed by atoms with Gasteiger partial charge in [0.05, 0.1) is 31.5 Å². The first kappa shape index (κ1) is 20.8. The summed E-state index contributed by atoms with van der Waals surface area (Å²) in [6.07, 6.45) is 1.70. The summed E-state index contributed by atoms with van der Waals surface area (Å²) < 4.78 is 0. The third-order valence-corrected chi connectivity index (χ3v) is 5.19. The lowest BCUT2D eigenvalue weighted by atomic mass is 10.1. The predicted octanol–water partition coefficient (Wildman–Crippen LogP) is 7.98. The van der Waals surface area contributed by atoms with Crippen molar-refractivity contribution in [1.82, 2.24) is 4.98 Å². The molecule has 3 nitrogen and oxygen atoms in total. The second kappa shape index (κ2) is 9.06. The van der Waals surface area contributed by atoms with Crippen LogP contribution in [0.4, 0.5) is 11.4 Å². The molecule has 0 aliphatic rings. The fourth-order valence-corrected chi connectivity index (χ4v) is 3.59. The Morgan fingerprint density at radius 2 is 1.14 bits per heavy atom. The highest BCUT2D eigenvalue weighted by Crippen LogP contribution is 2.34. The smallest absolute Gasteiger partial charge is 0.101 e. The van der Waals surface area contributed by atoms with Gasteiger partial charge in [-0.3, -0.25) is 4.98 Å². The quantitative estimate of drug-likeness (QED) is 0.371. The van der Waals surface area contributed by atoms with Gasteiger partial charge in [0.25, 0.3) is 0 Å². The topological polar surface area (TPSA) is 37.6 Å². The molecule has 2 aromatic carbocycles. The van der Waals surface area contributed by atoms with E-state index < -0.39 is 0 Å². The summed E-state index contributed by atoms with van der Waals surface area (Å²) in [5.41, 5.74) is 3.86. The number of halogens is 4. The van der Waals surface area contributed by atoms with E-state index >= 15 is 0 Å². The second-order valence-corrected chi connectivity index (χ2v) is 7.56. The van der Waals surface area contributed by atoms with Crippen molar-refractivity contribution in [3.8, 4) is 0 Å². The van der Waals surface area contributed by atoms with Crippen LogP contribution in [0.5, 0.6) is 0 Å². The van der Waals surface area contributed by atoms with Gasteiger partial charge in [-0.2, -0.15) is 0 Å². The number of nitrogens with zero attached hydrogens (tertiary/aromatic N) is 3. The monoisotopic (exact) mass is 449 g/mol. The van der Waals surface area contributed by atoms with Crippen LogP contribution in [-0.4, -0.2) is 16.4 Å². The average molecular weight is 451 g/mol. The fraction of sp³-hybridized carbons (Fsp3) is 0.0952. The third-order valence-electron chi connectivity index (χ3n) is 3.97. The number of aliphatic imine (C=N–C) groups is 2. The largest absolute Gasteiger partial charge is 0.254 e. The minimum absolute atomic E-state index is 0.470.